The van der Waals surface area contributed by atoms with E-state index in [1.807, 2.05) is 39.8 Å². The minimum atomic E-state index is -0.794. The van der Waals surface area contributed by atoms with Gasteiger partial charge in [0.1, 0.15) is 11.4 Å². The first kappa shape index (κ1) is 24.2. The van der Waals surface area contributed by atoms with Gasteiger partial charge in [-0.3, -0.25) is 9.59 Å². The Morgan fingerprint density at radius 1 is 1.11 bits per heavy atom. The van der Waals surface area contributed by atoms with Crippen molar-refractivity contribution in [2.24, 2.45) is 10.5 Å². The van der Waals surface area contributed by atoms with Crippen LogP contribution in [0.4, 0.5) is 0 Å². The van der Waals surface area contributed by atoms with E-state index in [0.29, 0.717) is 43.7 Å². The second-order valence-electron chi connectivity index (χ2n) is 10.9. The number of nitrogens with zero attached hydrogens (tertiary/aromatic N) is 3. The summed E-state index contributed by atoms with van der Waals surface area (Å²) >= 11 is 0. The molecule has 1 N–H and O–H groups in total. The lowest BCUT2D eigenvalue weighted by atomic mass is 9.80. The Labute approximate surface area is 211 Å². The van der Waals surface area contributed by atoms with Gasteiger partial charge in [-0.2, -0.15) is 5.10 Å². The summed E-state index contributed by atoms with van der Waals surface area (Å²) in [5.41, 5.74) is 1.81. The second kappa shape index (κ2) is 8.54. The number of benzene rings is 2. The molecule has 8 nitrogen and oxygen atoms in total. The van der Waals surface area contributed by atoms with Crippen LogP contribution >= 0.6 is 0 Å². The van der Waals surface area contributed by atoms with Crippen molar-refractivity contribution in [1.82, 2.24) is 9.91 Å². The van der Waals surface area contributed by atoms with Gasteiger partial charge in [0.25, 0.3) is 11.8 Å². The Balaban J connectivity index is 1.39. The summed E-state index contributed by atoms with van der Waals surface area (Å²) in [6, 6.07) is 10.3. The molecule has 2 amide bonds. The van der Waals surface area contributed by atoms with Gasteiger partial charge in [-0.05, 0) is 64.8 Å². The zero-order valence-electron chi connectivity index (χ0n) is 21.5. The molecule has 3 heterocycles. The number of carbonyl (C=O) groups excluding carboxylic acids is 2. The minimum Gasteiger partial charge on any atom is -0.507 e. The first-order valence-electron chi connectivity index (χ1n) is 12.4. The van der Waals surface area contributed by atoms with E-state index in [2.05, 4.69) is 0 Å². The fraction of sp³-hybridized carbons (Fsp3) is 0.464. The van der Waals surface area contributed by atoms with Gasteiger partial charge in [-0.1, -0.05) is 12.1 Å². The van der Waals surface area contributed by atoms with Gasteiger partial charge in [-0.25, -0.2) is 5.01 Å². The summed E-state index contributed by atoms with van der Waals surface area (Å²) in [6.45, 7) is 8.91. The molecule has 8 heteroatoms. The number of hydrogen-bond donors (Lipinski definition) is 1. The molecule has 2 aromatic rings. The maximum absolute atomic E-state index is 13.6. The second-order valence-corrected chi connectivity index (χ2v) is 10.9. The Morgan fingerprint density at radius 2 is 1.81 bits per heavy atom. The van der Waals surface area contributed by atoms with E-state index in [-0.39, 0.29) is 29.2 Å². The molecule has 0 spiro atoms. The number of methoxy groups -OCH3 is 1. The average Bonchev–Trinajstić information content (AvgIpc) is 3.30. The predicted molar refractivity (Wildman–Crippen MR) is 136 cm³/mol. The van der Waals surface area contributed by atoms with E-state index in [0.717, 1.165) is 22.6 Å². The molecule has 0 aromatic heterocycles. The number of para-hydroxylation sites is 1. The number of hydrazone groups is 1. The number of amides is 2. The highest BCUT2D eigenvalue weighted by Crippen LogP contribution is 2.46. The number of rotatable bonds is 4. The van der Waals surface area contributed by atoms with E-state index in [1.54, 1.807) is 35.2 Å². The number of aromatic hydroxyl groups is 1. The minimum absolute atomic E-state index is 0.0190. The highest BCUT2D eigenvalue weighted by atomic mass is 16.5. The van der Waals surface area contributed by atoms with Crippen LogP contribution in [0.1, 0.15) is 62.0 Å². The summed E-state index contributed by atoms with van der Waals surface area (Å²) in [4.78, 5) is 28.2. The summed E-state index contributed by atoms with van der Waals surface area (Å²) < 4.78 is 11.7. The largest absolute Gasteiger partial charge is 0.507 e. The molecule has 0 atom stereocenters. The number of piperidine rings is 1. The van der Waals surface area contributed by atoms with Crippen molar-refractivity contribution in [1.29, 1.82) is 0 Å². The van der Waals surface area contributed by atoms with Crippen LogP contribution < -0.4 is 9.47 Å². The van der Waals surface area contributed by atoms with Crippen molar-refractivity contribution in [3.05, 3.63) is 53.1 Å². The molecule has 0 aliphatic carbocycles. The molecule has 1 fully saturated rings. The molecule has 190 valence electrons. The standard InChI is InChI=1S/C28H33N3O5/c1-27(2)16-20-18(10-11-22(35-5)23(20)36-27)24-28(3,4)26(34)31(29-24)17-12-14-30(15-13-17)25(33)19-8-6-7-9-21(19)32/h6-11,17,32H,12-16H2,1-5H3. The first-order valence-corrected chi connectivity index (χ1v) is 12.4. The zero-order chi connectivity index (χ0) is 25.8. The highest BCUT2D eigenvalue weighted by molar-refractivity contribution is 6.20. The lowest BCUT2D eigenvalue weighted by molar-refractivity contribution is -0.137. The fourth-order valence-corrected chi connectivity index (χ4v) is 5.46. The Morgan fingerprint density at radius 3 is 2.47 bits per heavy atom. The number of phenolic OH excluding ortho intramolecular Hbond substituents is 1. The third-order valence-electron chi connectivity index (χ3n) is 7.45. The summed E-state index contributed by atoms with van der Waals surface area (Å²) in [7, 11) is 1.63. The van der Waals surface area contributed by atoms with Crippen molar-refractivity contribution < 1.29 is 24.2 Å². The third-order valence-corrected chi connectivity index (χ3v) is 7.45. The summed E-state index contributed by atoms with van der Waals surface area (Å²) in [6.07, 6.45) is 1.94. The van der Waals surface area contributed by atoms with Crippen molar-refractivity contribution in [2.75, 3.05) is 20.2 Å². The van der Waals surface area contributed by atoms with Crippen molar-refractivity contribution in [3.8, 4) is 17.2 Å². The Kier molecular flexibility index (Phi) is 5.73. The van der Waals surface area contributed by atoms with Gasteiger partial charge in [0.05, 0.1) is 29.8 Å². The molecule has 0 radical (unpaired) electrons. The molecule has 3 aliphatic heterocycles. The van der Waals surface area contributed by atoms with Gasteiger partial charge in [0.2, 0.25) is 0 Å². The van der Waals surface area contributed by atoms with Crippen LogP contribution in [-0.4, -0.2) is 64.4 Å². The van der Waals surface area contributed by atoms with E-state index in [9.17, 15) is 14.7 Å². The zero-order valence-corrected chi connectivity index (χ0v) is 21.5. The fourth-order valence-electron chi connectivity index (χ4n) is 5.46. The van der Waals surface area contributed by atoms with Crippen molar-refractivity contribution in [2.45, 2.75) is 58.6 Å². The molecular formula is C28H33N3O5. The maximum atomic E-state index is 13.6. The molecule has 5 rings (SSSR count). The van der Waals surface area contributed by atoms with Gasteiger partial charge < -0.3 is 19.5 Å². The van der Waals surface area contributed by atoms with Crippen LogP contribution in [-0.2, 0) is 11.2 Å². The third kappa shape index (κ3) is 3.88. The van der Waals surface area contributed by atoms with Crippen LogP contribution in [0.2, 0.25) is 0 Å². The molecule has 1 saturated heterocycles. The van der Waals surface area contributed by atoms with Gasteiger partial charge >= 0.3 is 0 Å². The Hall–Kier alpha value is -3.55. The van der Waals surface area contributed by atoms with Crippen LogP contribution in [0.3, 0.4) is 0 Å². The normalized spacial score (nSPS) is 20.7. The first-order chi connectivity index (χ1) is 17.0. The van der Waals surface area contributed by atoms with E-state index in [1.165, 1.54) is 6.07 Å². The maximum Gasteiger partial charge on any atom is 0.257 e. The number of likely N-dealkylation sites (tertiary alicyclic amines) is 1. The average molecular weight is 492 g/mol. The van der Waals surface area contributed by atoms with Gasteiger partial charge in [0, 0.05) is 30.6 Å². The summed E-state index contributed by atoms with van der Waals surface area (Å²) in [5.74, 6) is 1.15. The number of carbonyl (C=O) groups is 2. The van der Waals surface area contributed by atoms with Crippen molar-refractivity contribution >= 4 is 17.5 Å². The highest BCUT2D eigenvalue weighted by Gasteiger charge is 2.48. The van der Waals surface area contributed by atoms with E-state index < -0.39 is 5.41 Å². The molecule has 3 aliphatic rings. The molecule has 2 aromatic carbocycles. The lowest BCUT2D eigenvalue weighted by Gasteiger charge is -2.35. The lowest BCUT2D eigenvalue weighted by Crippen LogP contribution is -2.47. The smallest absolute Gasteiger partial charge is 0.257 e. The quantitative estimate of drug-likeness (QED) is 0.698. The van der Waals surface area contributed by atoms with E-state index in [4.69, 9.17) is 14.6 Å². The van der Waals surface area contributed by atoms with Gasteiger partial charge in [-0.15, -0.1) is 0 Å². The summed E-state index contributed by atoms with van der Waals surface area (Å²) in [5, 5.41) is 16.6. The van der Waals surface area contributed by atoms with Crippen LogP contribution in [0, 0.1) is 5.41 Å². The number of hydrogen-bond acceptors (Lipinski definition) is 6. The molecule has 0 unspecified atom stereocenters. The van der Waals surface area contributed by atoms with Crippen LogP contribution in [0.5, 0.6) is 17.2 Å². The van der Waals surface area contributed by atoms with Crippen molar-refractivity contribution in [3.63, 3.8) is 0 Å². The molecular weight excluding hydrogens is 458 g/mol. The number of ether oxygens (including phenoxy) is 2. The number of phenols is 1. The Bertz CT molecular complexity index is 1260. The SMILES string of the molecule is COc1ccc(C2=NN(C3CCN(C(=O)c4ccccc4O)CC3)C(=O)C2(C)C)c2c1OC(C)(C)C2. The predicted octanol–water partition coefficient (Wildman–Crippen LogP) is 3.99. The van der Waals surface area contributed by atoms with Crippen LogP contribution in [0.15, 0.2) is 41.5 Å². The van der Waals surface area contributed by atoms with Crippen LogP contribution in [0.25, 0.3) is 0 Å². The molecule has 36 heavy (non-hydrogen) atoms. The van der Waals surface area contributed by atoms with Gasteiger partial charge in [0.15, 0.2) is 11.5 Å². The molecule has 0 saturated carbocycles. The topological polar surface area (TPSA) is 91.7 Å². The molecule has 0 bridgehead atoms. The monoisotopic (exact) mass is 491 g/mol. The number of fused-ring (bicyclic) bond motifs is 1. The van der Waals surface area contributed by atoms with E-state index >= 15 is 0 Å².